The molecule has 16 heavy (non-hydrogen) atoms. The molecule has 0 unspecified atom stereocenters. The monoisotopic (exact) mass is 222 g/mol. The summed E-state index contributed by atoms with van der Waals surface area (Å²) in [6.45, 7) is 8.77. The van der Waals surface area contributed by atoms with Crippen molar-refractivity contribution in [1.29, 1.82) is 0 Å². The van der Waals surface area contributed by atoms with E-state index in [1.165, 1.54) is 31.3 Å². The minimum Gasteiger partial charge on any atom is -0.390 e. The lowest BCUT2D eigenvalue weighted by Gasteiger charge is -2.21. The maximum Gasteiger partial charge on any atom is 0.0653 e. The quantitative estimate of drug-likeness (QED) is 0.715. The summed E-state index contributed by atoms with van der Waals surface area (Å²) in [5, 5.41) is 10.2. The predicted molar refractivity (Wildman–Crippen MR) is 68.2 cm³/mol. The van der Waals surface area contributed by atoms with Crippen molar-refractivity contribution in [3.63, 3.8) is 0 Å². The zero-order valence-electron chi connectivity index (χ0n) is 11.2. The van der Waals surface area contributed by atoms with Crippen molar-refractivity contribution in [1.82, 2.24) is 0 Å². The number of hydrogen-bond donors (Lipinski definition) is 1. The van der Waals surface area contributed by atoms with Crippen LogP contribution >= 0.6 is 0 Å². The molecule has 0 bridgehead atoms. The van der Waals surface area contributed by atoms with Crippen molar-refractivity contribution >= 4 is 0 Å². The molecule has 0 saturated heterocycles. The highest BCUT2D eigenvalue weighted by Crippen LogP contribution is 2.71. The first-order chi connectivity index (χ1) is 7.38. The van der Waals surface area contributed by atoms with Gasteiger partial charge >= 0.3 is 0 Å². The lowest BCUT2D eigenvalue weighted by Crippen LogP contribution is -2.23. The van der Waals surface area contributed by atoms with E-state index in [2.05, 4.69) is 26.8 Å². The van der Waals surface area contributed by atoms with E-state index in [4.69, 9.17) is 0 Å². The Balaban J connectivity index is 1.88. The van der Waals surface area contributed by atoms with E-state index in [9.17, 15) is 5.11 Å². The van der Waals surface area contributed by atoms with Gasteiger partial charge in [0.25, 0.3) is 0 Å². The normalized spacial score (nSPS) is 42.7. The van der Waals surface area contributed by atoms with Crippen LogP contribution in [0.1, 0.15) is 59.8 Å². The fraction of sp³-hybridized carbons (Fsp3) is 0.867. The predicted octanol–water partition coefficient (Wildman–Crippen LogP) is 3.92. The molecule has 92 valence electrons. The molecule has 0 aromatic rings. The Bertz CT molecular complexity index is 299. The largest absolute Gasteiger partial charge is 0.390 e. The van der Waals surface area contributed by atoms with Crippen LogP contribution in [0.3, 0.4) is 0 Å². The van der Waals surface area contributed by atoms with Gasteiger partial charge in [-0.3, -0.25) is 0 Å². The first kappa shape index (κ1) is 12.2. The minimum absolute atomic E-state index is 0.356. The summed E-state index contributed by atoms with van der Waals surface area (Å²) in [6, 6.07) is 0. The van der Waals surface area contributed by atoms with Crippen molar-refractivity contribution in [2.45, 2.75) is 65.4 Å². The van der Waals surface area contributed by atoms with Crippen LogP contribution < -0.4 is 0 Å². The van der Waals surface area contributed by atoms with E-state index in [1.807, 2.05) is 6.92 Å². The SMILES string of the molecule is CC(C)=CCC[C@@H](C)[C@@]12CC[C@](C)(O)[C@@H]1C2. The lowest BCUT2D eigenvalue weighted by atomic mass is 9.84. The zero-order chi connectivity index (χ0) is 12.0. The Morgan fingerprint density at radius 1 is 1.44 bits per heavy atom. The van der Waals surface area contributed by atoms with Crippen LogP contribution in [0.4, 0.5) is 0 Å². The molecule has 4 atom stereocenters. The second-order valence-corrected chi connectivity index (χ2v) is 6.61. The number of aliphatic hydroxyl groups is 1. The van der Waals surface area contributed by atoms with Crippen molar-refractivity contribution in [3.8, 4) is 0 Å². The van der Waals surface area contributed by atoms with Gasteiger partial charge in [-0.2, -0.15) is 0 Å². The smallest absolute Gasteiger partial charge is 0.0653 e. The summed E-state index contributed by atoms with van der Waals surface area (Å²) in [7, 11) is 0. The standard InChI is InChI=1S/C15H26O/c1-11(2)6-5-7-12(3)15-9-8-14(4,16)13(15)10-15/h6,12-13,16H,5,7-10H2,1-4H3/t12-,13+,14+,15+/m1/s1. The number of fused-ring (bicyclic) bond motifs is 1. The molecule has 2 saturated carbocycles. The second-order valence-electron chi connectivity index (χ2n) is 6.61. The van der Waals surface area contributed by atoms with Crippen LogP contribution in [-0.2, 0) is 0 Å². The third-order valence-electron chi connectivity index (χ3n) is 5.10. The number of hydrogen-bond acceptors (Lipinski definition) is 1. The van der Waals surface area contributed by atoms with E-state index in [-0.39, 0.29) is 5.60 Å². The van der Waals surface area contributed by atoms with Gasteiger partial charge in [-0.25, -0.2) is 0 Å². The molecule has 2 rings (SSSR count). The maximum absolute atomic E-state index is 10.2. The molecule has 2 aliphatic carbocycles. The van der Waals surface area contributed by atoms with Gasteiger partial charge in [0.05, 0.1) is 5.60 Å². The number of rotatable bonds is 4. The average molecular weight is 222 g/mol. The third-order valence-corrected chi connectivity index (χ3v) is 5.10. The van der Waals surface area contributed by atoms with Gasteiger partial charge in [0.15, 0.2) is 0 Å². The van der Waals surface area contributed by atoms with Crippen LogP contribution in [0, 0.1) is 17.3 Å². The Morgan fingerprint density at radius 2 is 2.12 bits per heavy atom. The van der Waals surface area contributed by atoms with Crippen molar-refractivity contribution < 1.29 is 5.11 Å². The van der Waals surface area contributed by atoms with Gasteiger partial charge in [-0.1, -0.05) is 18.6 Å². The molecule has 1 nitrogen and oxygen atoms in total. The molecular formula is C15H26O. The highest BCUT2D eigenvalue weighted by Gasteiger charge is 2.67. The summed E-state index contributed by atoms with van der Waals surface area (Å²) < 4.78 is 0. The molecule has 0 aromatic carbocycles. The van der Waals surface area contributed by atoms with Crippen molar-refractivity contribution in [2.75, 3.05) is 0 Å². The van der Waals surface area contributed by atoms with Gasteiger partial charge in [-0.15, -0.1) is 0 Å². The molecule has 0 heterocycles. The first-order valence-corrected chi connectivity index (χ1v) is 6.74. The molecule has 1 N–H and O–H groups in total. The highest BCUT2D eigenvalue weighted by atomic mass is 16.3. The van der Waals surface area contributed by atoms with E-state index in [0.717, 1.165) is 12.3 Å². The molecule has 0 aromatic heterocycles. The van der Waals surface area contributed by atoms with E-state index in [0.29, 0.717) is 11.3 Å². The molecule has 0 radical (unpaired) electrons. The Hall–Kier alpha value is -0.300. The Labute approximate surface area is 99.9 Å². The fourth-order valence-electron chi connectivity index (χ4n) is 3.80. The molecular weight excluding hydrogens is 196 g/mol. The van der Waals surface area contributed by atoms with Crippen LogP contribution in [-0.4, -0.2) is 10.7 Å². The third kappa shape index (κ3) is 1.95. The van der Waals surface area contributed by atoms with Crippen molar-refractivity contribution in [3.05, 3.63) is 11.6 Å². The van der Waals surface area contributed by atoms with Crippen LogP contribution in [0.15, 0.2) is 11.6 Å². The molecule has 2 aliphatic rings. The van der Waals surface area contributed by atoms with Gasteiger partial charge in [0, 0.05) is 0 Å². The first-order valence-electron chi connectivity index (χ1n) is 6.74. The van der Waals surface area contributed by atoms with E-state index < -0.39 is 0 Å². The summed E-state index contributed by atoms with van der Waals surface area (Å²) in [5.74, 6) is 1.38. The van der Waals surface area contributed by atoms with Crippen LogP contribution in [0.5, 0.6) is 0 Å². The fourth-order valence-corrected chi connectivity index (χ4v) is 3.80. The summed E-state index contributed by atoms with van der Waals surface area (Å²) in [5.41, 5.74) is 1.58. The van der Waals surface area contributed by atoms with Crippen LogP contribution in [0.2, 0.25) is 0 Å². The topological polar surface area (TPSA) is 20.2 Å². The van der Waals surface area contributed by atoms with E-state index in [1.54, 1.807) is 0 Å². The molecule has 1 heteroatoms. The lowest BCUT2D eigenvalue weighted by molar-refractivity contribution is 0.0423. The van der Waals surface area contributed by atoms with Gasteiger partial charge in [0.1, 0.15) is 0 Å². The summed E-state index contributed by atoms with van der Waals surface area (Å²) in [6.07, 6.45) is 8.39. The molecule has 0 spiro atoms. The molecule has 0 aliphatic heterocycles. The molecule has 0 amide bonds. The minimum atomic E-state index is -0.356. The molecule has 2 fully saturated rings. The van der Waals surface area contributed by atoms with Crippen molar-refractivity contribution in [2.24, 2.45) is 17.3 Å². The Kier molecular flexibility index (Phi) is 2.94. The van der Waals surface area contributed by atoms with E-state index >= 15 is 0 Å². The number of allylic oxidation sites excluding steroid dienone is 2. The average Bonchev–Trinajstić information content (AvgIpc) is 2.85. The van der Waals surface area contributed by atoms with Gasteiger partial charge in [0.2, 0.25) is 0 Å². The highest BCUT2D eigenvalue weighted by molar-refractivity contribution is 5.17. The maximum atomic E-state index is 10.2. The second kappa shape index (κ2) is 3.87. The Morgan fingerprint density at radius 3 is 2.56 bits per heavy atom. The zero-order valence-corrected chi connectivity index (χ0v) is 11.2. The van der Waals surface area contributed by atoms with Gasteiger partial charge in [-0.05, 0) is 70.1 Å². The summed E-state index contributed by atoms with van der Waals surface area (Å²) in [4.78, 5) is 0. The van der Waals surface area contributed by atoms with Crippen LogP contribution in [0.25, 0.3) is 0 Å². The summed E-state index contributed by atoms with van der Waals surface area (Å²) >= 11 is 0. The van der Waals surface area contributed by atoms with Gasteiger partial charge < -0.3 is 5.11 Å².